The second-order valence-corrected chi connectivity index (χ2v) is 3.56. The molecule has 0 aliphatic heterocycles. The van der Waals surface area contributed by atoms with Crippen LogP contribution in [0.3, 0.4) is 0 Å². The van der Waals surface area contributed by atoms with E-state index in [1.807, 2.05) is 0 Å². The number of rotatable bonds is 4. The number of aliphatic hydroxyl groups is 1. The number of aryl methyl sites for hydroxylation is 1. The van der Waals surface area contributed by atoms with Gasteiger partial charge in [-0.2, -0.15) is 13.2 Å². The van der Waals surface area contributed by atoms with Crippen LogP contribution in [0.25, 0.3) is 0 Å². The standard InChI is InChI=1S/C12H14F3NO/c1-2-16-11-8-10(12(13,14)15)6-5-9(11)4-3-7-17/h2,5-6,8,17H,3-4,7H2,1H3. The molecule has 1 N–H and O–H groups in total. The molecule has 0 aromatic heterocycles. The van der Waals surface area contributed by atoms with Crippen LogP contribution in [-0.4, -0.2) is 17.9 Å². The Kier molecular flexibility index (Phi) is 4.69. The summed E-state index contributed by atoms with van der Waals surface area (Å²) in [4.78, 5) is 3.93. The number of hydrogen-bond acceptors (Lipinski definition) is 2. The Morgan fingerprint density at radius 1 is 1.35 bits per heavy atom. The molecule has 0 heterocycles. The van der Waals surface area contributed by atoms with Gasteiger partial charge in [-0.3, -0.25) is 4.99 Å². The summed E-state index contributed by atoms with van der Waals surface area (Å²) in [6.45, 7) is 1.66. The van der Waals surface area contributed by atoms with Gasteiger partial charge in [0.1, 0.15) is 0 Å². The van der Waals surface area contributed by atoms with Gasteiger partial charge in [-0.15, -0.1) is 0 Å². The molecule has 0 amide bonds. The van der Waals surface area contributed by atoms with E-state index in [0.717, 1.165) is 12.1 Å². The second kappa shape index (κ2) is 5.82. The summed E-state index contributed by atoms with van der Waals surface area (Å²) in [6.07, 6.45) is -1.87. The molecule has 2 nitrogen and oxygen atoms in total. The van der Waals surface area contributed by atoms with Gasteiger partial charge in [0, 0.05) is 12.8 Å². The predicted molar refractivity (Wildman–Crippen MR) is 60.7 cm³/mol. The van der Waals surface area contributed by atoms with E-state index in [1.165, 1.54) is 12.3 Å². The monoisotopic (exact) mass is 245 g/mol. The number of hydrogen-bond donors (Lipinski definition) is 1. The first-order chi connectivity index (χ1) is 7.99. The quantitative estimate of drug-likeness (QED) is 0.810. The Morgan fingerprint density at radius 2 is 2.06 bits per heavy atom. The fraction of sp³-hybridized carbons (Fsp3) is 0.417. The third-order valence-corrected chi connectivity index (χ3v) is 2.29. The molecule has 0 fully saturated rings. The van der Waals surface area contributed by atoms with E-state index in [4.69, 9.17) is 5.11 Å². The highest BCUT2D eigenvalue weighted by Crippen LogP contribution is 2.33. The summed E-state index contributed by atoms with van der Waals surface area (Å²) in [5, 5.41) is 8.71. The highest BCUT2D eigenvalue weighted by atomic mass is 19.4. The SMILES string of the molecule is CC=Nc1cc(C(F)(F)F)ccc1CCCO. The fourth-order valence-corrected chi connectivity index (χ4v) is 1.48. The molecule has 0 spiro atoms. The zero-order valence-corrected chi connectivity index (χ0v) is 9.46. The molecule has 0 saturated heterocycles. The highest BCUT2D eigenvalue weighted by Gasteiger charge is 2.30. The molecule has 0 unspecified atom stereocenters. The average Bonchev–Trinajstić information content (AvgIpc) is 2.26. The first-order valence-electron chi connectivity index (χ1n) is 5.28. The Bertz CT molecular complexity index is 399. The maximum Gasteiger partial charge on any atom is 0.416 e. The van der Waals surface area contributed by atoms with Crippen molar-refractivity contribution in [3.63, 3.8) is 0 Å². The van der Waals surface area contributed by atoms with Gasteiger partial charge in [0.05, 0.1) is 11.3 Å². The Balaban J connectivity index is 3.08. The van der Waals surface area contributed by atoms with Gasteiger partial charge in [-0.25, -0.2) is 0 Å². The molecule has 0 radical (unpaired) electrons. The Labute approximate surface area is 97.8 Å². The normalized spacial score (nSPS) is 12.3. The van der Waals surface area contributed by atoms with Crippen molar-refractivity contribution < 1.29 is 18.3 Å². The van der Waals surface area contributed by atoms with Crippen LogP contribution in [0.2, 0.25) is 0 Å². The lowest BCUT2D eigenvalue weighted by Gasteiger charge is -2.10. The molecule has 0 bridgehead atoms. The van der Waals surface area contributed by atoms with Crippen molar-refractivity contribution in [1.29, 1.82) is 0 Å². The average molecular weight is 245 g/mol. The minimum absolute atomic E-state index is 0.0102. The molecule has 1 aromatic carbocycles. The lowest BCUT2D eigenvalue weighted by atomic mass is 10.0. The van der Waals surface area contributed by atoms with Crippen molar-refractivity contribution in [3.05, 3.63) is 29.3 Å². The van der Waals surface area contributed by atoms with Gasteiger partial charge in [0.15, 0.2) is 0 Å². The molecular formula is C12H14F3NO. The van der Waals surface area contributed by atoms with Crippen molar-refractivity contribution in [1.82, 2.24) is 0 Å². The number of benzene rings is 1. The molecule has 1 rings (SSSR count). The van der Waals surface area contributed by atoms with Crippen LogP contribution in [0.15, 0.2) is 23.2 Å². The van der Waals surface area contributed by atoms with Crippen molar-refractivity contribution >= 4 is 11.9 Å². The number of halogens is 3. The third kappa shape index (κ3) is 3.85. The lowest BCUT2D eigenvalue weighted by molar-refractivity contribution is -0.137. The number of aliphatic hydroxyl groups excluding tert-OH is 1. The summed E-state index contributed by atoms with van der Waals surface area (Å²) < 4.78 is 37.5. The largest absolute Gasteiger partial charge is 0.416 e. The predicted octanol–water partition coefficient (Wildman–Crippen LogP) is 3.35. The van der Waals surface area contributed by atoms with Gasteiger partial charge in [-0.05, 0) is 37.5 Å². The van der Waals surface area contributed by atoms with Gasteiger partial charge >= 0.3 is 6.18 Å². The summed E-state index contributed by atoms with van der Waals surface area (Å²) in [6, 6.07) is 3.49. The van der Waals surface area contributed by atoms with Gasteiger partial charge < -0.3 is 5.11 Å². The molecule has 94 valence electrons. The first-order valence-corrected chi connectivity index (χ1v) is 5.28. The molecule has 17 heavy (non-hydrogen) atoms. The highest BCUT2D eigenvalue weighted by molar-refractivity contribution is 5.63. The van der Waals surface area contributed by atoms with Crippen molar-refractivity contribution in [3.8, 4) is 0 Å². The second-order valence-electron chi connectivity index (χ2n) is 3.56. The van der Waals surface area contributed by atoms with Gasteiger partial charge in [-0.1, -0.05) is 6.07 Å². The van der Waals surface area contributed by atoms with E-state index in [-0.39, 0.29) is 6.61 Å². The molecule has 0 aliphatic carbocycles. The Morgan fingerprint density at radius 3 is 2.59 bits per heavy atom. The molecular weight excluding hydrogens is 231 g/mol. The first kappa shape index (κ1) is 13.7. The van der Waals surface area contributed by atoms with Crippen molar-refractivity contribution in [2.75, 3.05) is 6.61 Å². The fourth-order valence-electron chi connectivity index (χ4n) is 1.48. The molecule has 5 heteroatoms. The molecule has 1 aromatic rings. The number of alkyl halides is 3. The van der Waals surface area contributed by atoms with E-state index in [1.54, 1.807) is 6.92 Å². The van der Waals surface area contributed by atoms with Crippen LogP contribution in [-0.2, 0) is 12.6 Å². The maximum absolute atomic E-state index is 12.5. The van der Waals surface area contributed by atoms with Crippen LogP contribution >= 0.6 is 0 Å². The van der Waals surface area contributed by atoms with E-state index >= 15 is 0 Å². The smallest absolute Gasteiger partial charge is 0.396 e. The summed E-state index contributed by atoms with van der Waals surface area (Å²) in [7, 11) is 0. The van der Waals surface area contributed by atoms with E-state index in [0.29, 0.717) is 24.1 Å². The van der Waals surface area contributed by atoms with Crippen LogP contribution < -0.4 is 0 Å². The summed E-state index contributed by atoms with van der Waals surface area (Å²) in [5.74, 6) is 0. The third-order valence-electron chi connectivity index (χ3n) is 2.29. The van der Waals surface area contributed by atoms with Gasteiger partial charge in [0.25, 0.3) is 0 Å². The molecule has 0 aliphatic rings. The number of aliphatic imine (C=N–C) groups is 1. The van der Waals surface area contributed by atoms with E-state index < -0.39 is 11.7 Å². The number of nitrogens with zero attached hydrogens (tertiary/aromatic N) is 1. The topological polar surface area (TPSA) is 32.6 Å². The zero-order chi connectivity index (χ0) is 12.9. The zero-order valence-electron chi connectivity index (χ0n) is 9.46. The van der Waals surface area contributed by atoms with Gasteiger partial charge in [0.2, 0.25) is 0 Å². The van der Waals surface area contributed by atoms with Crippen LogP contribution in [0, 0.1) is 0 Å². The summed E-state index contributed by atoms with van der Waals surface area (Å²) >= 11 is 0. The van der Waals surface area contributed by atoms with Crippen molar-refractivity contribution in [2.45, 2.75) is 25.9 Å². The summed E-state index contributed by atoms with van der Waals surface area (Å²) in [5.41, 5.74) is 0.326. The van der Waals surface area contributed by atoms with Crippen LogP contribution in [0.4, 0.5) is 18.9 Å². The van der Waals surface area contributed by atoms with E-state index in [9.17, 15) is 13.2 Å². The minimum atomic E-state index is -4.35. The maximum atomic E-state index is 12.5. The van der Waals surface area contributed by atoms with Crippen molar-refractivity contribution in [2.24, 2.45) is 4.99 Å². The molecule has 0 saturated carbocycles. The minimum Gasteiger partial charge on any atom is -0.396 e. The van der Waals surface area contributed by atoms with E-state index in [2.05, 4.69) is 4.99 Å². The Hall–Kier alpha value is -1.36. The van der Waals surface area contributed by atoms with Crippen LogP contribution in [0.1, 0.15) is 24.5 Å². The van der Waals surface area contributed by atoms with Crippen LogP contribution in [0.5, 0.6) is 0 Å². The molecule has 0 atom stereocenters. The lowest BCUT2D eigenvalue weighted by Crippen LogP contribution is -2.05.